The third-order valence-electron chi connectivity index (χ3n) is 3.01. The average molecular weight is 284 g/mol. The van der Waals surface area contributed by atoms with Crippen molar-refractivity contribution in [3.05, 3.63) is 29.3 Å². The number of likely N-dealkylation sites (N-methyl/N-ethyl adjacent to an activating group) is 1. The number of halogens is 1. The van der Waals surface area contributed by atoms with E-state index >= 15 is 0 Å². The van der Waals surface area contributed by atoms with Crippen molar-refractivity contribution in [2.45, 2.75) is 0 Å². The molecule has 3 nitrogen and oxygen atoms in total. The second kappa shape index (κ2) is 6.45. The monoisotopic (exact) mass is 283 g/mol. The molecule has 2 rings (SSSR count). The molecule has 0 bridgehead atoms. The van der Waals surface area contributed by atoms with E-state index in [1.807, 2.05) is 24.3 Å². The molecule has 0 amide bonds. The molecule has 0 spiro atoms. The van der Waals surface area contributed by atoms with Crippen molar-refractivity contribution in [1.29, 1.82) is 0 Å². The maximum Gasteiger partial charge on any atom is 0.164 e. The maximum absolute atomic E-state index is 5.88. The van der Waals surface area contributed by atoms with E-state index in [0.29, 0.717) is 0 Å². The normalized spacial score (nSPS) is 18.2. The van der Waals surface area contributed by atoms with Crippen LogP contribution in [0.25, 0.3) is 0 Å². The van der Waals surface area contributed by atoms with Gasteiger partial charge in [-0.05, 0) is 37.6 Å². The summed E-state index contributed by atoms with van der Waals surface area (Å²) in [4.78, 5) is 9.39. The lowest BCUT2D eigenvalue weighted by Gasteiger charge is -2.33. The number of hydrogen-bond acceptors (Lipinski definition) is 3. The SMILES string of the molecule is CSC(=Nc1ccc(Cl)cc1)N1CCN(C)CC1. The van der Waals surface area contributed by atoms with E-state index in [1.54, 1.807) is 11.8 Å². The Labute approximate surface area is 118 Å². The fraction of sp³-hybridized carbons (Fsp3) is 0.462. The van der Waals surface area contributed by atoms with Crippen molar-refractivity contribution in [1.82, 2.24) is 9.80 Å². The molecule has 1 aromatic carbocycles. The predicted molar refractivity (Wildman–Crippen MR) is 81.1 cm³/mol. The van der Waals surface area contributed by atoms with Crippen molar-refractivity contribution in [3.8, 4) is 0 Å². The Morgan fingerprint density at radius 1 is 1.17 bits per heavy atom. The first-order chi connectivity index (χ1) is 8.69. The van der Waals surface area contributed by atoms with E-state index in [2.05, 4.69) is 23.1 Å². The summed E-state index contributed by atoms with van der Waals surface area (Å²) in [5.41, 5.74) is 0.961. The third kappa shape index (κ3) is 3.64. The van der Waals surface area contributed by atoms with Crippen LogP contribution in [0.15, 0.2) is 29.3 Å². The summed E-state index contributed by atoms with van der Waals surface area (Å²) >= 11 is 7.58. The van der Waals surface area contributed by atoms with Gasteiger partial charge in [-0.25, -0.2) is 4.99 Å². The van der Waals surface area contributed by atoms with Crippen LogP contribution in [-0.2, 0) is 0 Å². The predicted octanol–water partition coefficient (Wildman–Crippen LogP) is 2.94. The quantitative estimate of drug-likeness (QED) is 0.583. The molecule has 0 saturated carbocycles. The van der Waals surface area contributed by atoms with Crippen LogP contribution in [0.5, 0.6) is 0 Å². The molecular weight excluding hydrogens is 266 g/mol. The highest BCUT2D eigenvalue weighted by molar-refractivity contribution is 8.13. The third-order valence-corrected chi connectivity index (χ3v) is 3.97. The molecule has 0 atom stereocenters. The van der Waals surface area contributed by atoms with E-state index in [-0.39, 0.29) is 0 Å². The Kier molecular flexibility index (Phi) is 4.92. The van der Waals surface area contributed by atoms with Crippen molar-refractivity contribution in [3.63, 3.8) is 0 Å². The average Bonchev–Trinajstić information content (AvgIpc) is 2.39. The van der Waals surface area contributed by atoms with Crippen LogP contribution in [0.4, 0.5) is 5.69 Å². The molecule has 0 aromatic heterocycles. The van der Waals surface area contributed by atoms with Crippen LogP contribution in [0, 0.1) is 0 Å². The van der Waals surface area contributed by atoms with Gasteiger partial charge in [-0.15, -0.1) is 0 Å². The number of rotatable bonds is 1. The summed E-state index contributed by atoms with van der Waals surface area (Å²) in [5.74, 6) is 0. The Hall–Kier alpha value is -0.710. The number of aliphatic imine (C=N–C) groups is 1. The van der Waals surface area contributed by atoms with Gasteiger partial charge < -0.3 is 9.80 Å². The van der Waals surface area contributed by atoms with Gasteiger partial charge in [0.15, 0.2) is 5.17 Å². The van der Waals surface area contributed by atoms with Gasteiger partial charge in [-0.3, -0.25) is 0 Å². The largest absolute Gasteiger partial charge is 0.349 e. The standard InChI is InChI=1S/C13H18ClN3S/c1-16-7-9-17(10-8-16)13(18-2)15-12-5-3-11(14)4-6-12/h3-6H,7-10H2,1-2H3. The van der Waals surface area contributed by atoms with Gasteiger partial charge in [-0.1, -0.05) is 23.4 Å². The molecule has 18 heavy (non-hydrogen) atoms. The molecule has 1 heterocycles. The number of nitrogens with zero attached hydrogens (tertiary/aromatic N) is 3. The highest BCUT2D eigenvalue weighted by Gasteiger charge is 2.16. The molecule has 0 aliphatic carbocycles. The van der Waals surface area contributed by atoms with Crippen molar-refractivity contribution in [2.24, 2.45) is 4.99 Å². The van der Waals surface area contributed by atoms with Crippen LogP contribution < -0.4 is 0 Å². The molecule has 5 heteroatoms. The number of amidine groups is 1. The minimum atomic E-state index is 0.749. The molecule has 1 saturated heterocycles. The maximum atomic E-state index is 5.88. The van der Waals surface area contributed by atoms with Gasteiger partial charge in [0, 0.05) is 31.2 Å². The van der Waals surface area contributed by atoms with Gasteiger partial charge >= 0.3 is 0 Å². The second-order valence-electron chi connectivity index (χ2n) is 4.37. The minimum absolute atomic E-state index is 0.749. The first-order valence-electron chi connectivity index (χ1n) is 6.01. The van der Waals surface area contributed by atoms with E-state index in [4.69, 9.17) is 16.6 Å². The number of benzene rings is 1. The topological polar surface area (TPSA) is 18.8 Å². The van der Waals surface area contributed by atoms with E-state index < -0.39 is 0 Å². The zero-order valence-corrected chi connectivity index (χ0v) is 12.3. The lowest BCUT2D eigenvalue weighted by atomic mass is 10.3. The summed E-state index contributed by atoms with van der Waals surface area (Å²) in [6, 6.07) is 7.66. The van der Waals surface area contributed by atoms with Crippen molar-refractivity contribution >= 4 is 34.2 Å². The fourth-order valence-electron chi connectivity index (χ4n) is 1.87. The van der Waals surface area contributed by atoms with Gasteiger partial charge in [0.1, 0.15) is 0 Å². The van der Waals surface area contributed by atoms with E-state index in [1.165, 1.54) is 0 Å². The second-order valence-corrected chi connectivity index (χ2v) is 5.58. The number of piperazine rings is 1. The van der Waals surface area contributed by atoms with Crippen molar-refractivity contribution < 1.29 is 0 Å². The molecule has 1 aliphatic heterocycles. The Balaban J connectivity index is 2.10. The highest BCUT2D eigenvalue weighted by atomic mass is 35.5. The molecule has 0 N–H and O–H groups in total. The summed E-state index contributed by atoms with van der Waals surface area (Å²) in [6.07, 6.45) is 2.08. The van der Waals surface area contributed by atoms with Gasteiger partial charge in [0.05, 0.1) is 5.69 Å². The summed E-state index contributed by atoms with van der Waals surface area (Å²) in [6.45, 7) is 4.29. The first-order valence-corrected chi connectivity index (χ1v) is 7.61. The van der Waals surface area contributed by atoms with Crippen LogP contribution >= 0.6 is 23.4 Å². The zero-order chi connectivity index (χ0) is 13.0. The summed E-state index contributed by atoms with van der Waals surface area (Å²) in [7, 11) is 2.16. The fourth-order valence-corrected chi connectivity index (χ4v) is 2.63. The zero-order valence-electron chi connectivity index (χ0n) is 10.8. The minimum Gasteiger partial charge on any atom is -0.349 e. The van der Waals surface area contributed by atoms with Crippen LogP contribution in [0.2, 0.25) is 5.02 Å². The van der Waals surface area contributed by atoms with E-state index in [0.717, 1.165) is 42.1 Å². The Morgan fingerprint density at radius 3 is 2.33 bits per heavy atom. The molecule has 1 aromatic rings. The molecule has 0 radical (unpaired) electrons. The van der Waals surface area contributed by atoms with Gasteiger partial charge in [-0.2, -0.15) is 0 Å². The first kappa shape index (κ1) is 13.7. The molecule has 1 fully saturated rings. The molecule has 98 valence electrons. The van der Waals surface area contributed by atoms with Crippen molar-refractivity contribution in [2.75, 3.05) is 39.5 Å². The summed E-state index contributed by atoms with van der Waals surface area (Å²) in [5, 5.41) is 1.84. The van der Waals surface area contributed by atoms with Gasteiger partial charge in [0.2, 0.25) is 0 Å². The van der Waals surface area contributed by atoms with E-state index in [9.17, 15) is 0 Å². The number of hydrogen-bond donors (Lipinski definition) is 0. The lowest BCUT2D eigenvalue weighted by molar-refractivity contribution is 0.218. The Bertz CT molecular complexity index is 411. The van der Waals surface area contributed by atoms with Crippen LogP contribution in [0.1, 0.15) is 0 Å². The molecule has 1 aliphatic rings. The Morgan fingerprint density at radius 2 is 1.78 bits per heavy atom. The highest BCUT2D eigenvalue weighted by Crippen LogP contribution is 2.19. The van der Waals surface area contributed by atoms with Crippen LogP contribution in [-0.4, -0.2) is 54.4 Å². The number of thioether (sulfide) groups is 1. The molecular formula is C13H18ClN3S. The van der Waals surface area contributed by atoms with Crippen LogP contribution in [0.3, 0.4) is 0 Å². The smallest absolute Gasteiger partial charge is 0.164 e. The molecule has 0 unspecified atom stereocenters. The van der Waals surface area contributed by atoms with Gasteiger partial charge in [0.25, 0.3) is 0 Å². The summed E-state index contributed by atoms with van der Waals surface area (Å²) < 4.78 is 0. The lowest BCUT2D eigenvalue weighted by Crippen LogP contribution is -2.46.